The third-order valence-electron chi connectivity index (χ3n) is 3.85. The minimum Gasteiger partial charge on any atom is -0.347 e. The zero-order chi connectivity index (χ0) is 15.5. The highest BCUT2D eigenvalue weighted by Gasteiger charge is 2.17. The number of nitriles is 1. The van der Waals surface area contributed by atoms with Gasteiger partial charge >= 0.3 is 0 Å². The number of rotatable bonds is 6. The van der Waals surface area contributed by atoms with E-state index in [1.54, 1.807) is 0 Å². The van der Waals surface area contributed by atoms with Crippen LogP contribution in [0.15, 0.2) is 30.5 Å². The number of benzene rings is 1. The van der Waals surface area contributed by atoms with E-state index in [4.69, 9.17) is 5.26 Å². The third kappa shape index (κ3) is 3.86. The molecule has 0 unspecified atom stereocenters. The topological polar surface area (TPSA) is 40.8 Å². The van der Waals surface area contributed by atoms with Gasteiger partial charge in [0.2, 0.25) is 0 Å². The first kappa shape index (κ1) is 15.6. The molecule has 0 fully saturated rings. The zero-order valence-corrected chi connectivity index (χ0v) is 13.5. The van der Waals surface area contributed by atoms with Gasteiger partial charge in [0.25, 0.3) is 0 Å². The molecule has 1 aromatic heterocycles. The second-order valence-electron chi connectivity index (χ2n) is 6.65. The fraction of sp³-hybridized carbons (Fsp3) is 0.500. The zero-order valence-electron chi connectivity index (χ0n) is 13.5. The molecule has 3 nitrogen and oxygen atoms in total. The van der Waals surface area contributed by atoms with Crippen LogP contribution in [0.3, 0.4) is 0 Å². The van der Waals surface area contributed by atoms with Gasteiger partial charge in [0, 0.05) is 25.3 Å². The molecule has 1 N–H and O–H groups in total. The van der Waals surface area contributed by atoms with Crippen molar-refractivity contribution in [2.75, 3.05) is 0 Å². The van der Waals surface area contributed by atoms with Crippen LogP contribution in [0.2, 0.25) is 0 Å². The lowest BCUT2D eigenvalue weighted by Gasteiger charge is -2.17. The molecule has 0 aliphatic carbocycles. The number of hydrogen-bond acceptors (Lipinski definition) is 2. The largest absolute Gasteiger partial charge is 0.347 e. The van der Waals surface area contributed by atoms with Crippen molar-refractivity contribution >= 4 is 10.9 Å². The Morgan fingerprint density at radius 3 is 2.71 bits per heavy atom. The predicted molar refractivity (Wildman–Crippen MR) is 87.9 cm³/mol. The molecular formula is C18H25N3. The minimum atomic E-state index is -0.276. The van der Waals surface area contributed by atoms with Gasteiger partial charge in [0.05, 0.1) is 17.0 Å². The molecule has 0 radical (unpaired) electrons. The number of para-hydroxylation sites is 1. The maximum Gasteiger partial charge on any atom is 0.0684 e. The summed E-state index contributed by atoms with van der Waals surface area (Å²) in [6.45, 7) is 10.1. The van der Waals surface area contributed by atoms with Gasteiger partial charge in [-0.15, -0.1) is 0 Å². The standard InChI is InChI=1S/C18H25N3/c1-14(2)20-12-16-7-5-6-15-8-10-21(17(15)16)11-9-18(3,4)13-19/h5-8,10,14,20H,9,11-12H2,1-4H3. The van der Waals surface area contributed by atoms with Crippen LogP contribution in [0.4, 0.5) is 0 Å². The average molecular weight is 283 g/mol. The summed E-state index contributed by atoms with van der Waals surface area (Å²) in [6.07, 6.45) is 3.00. The molecule has 21 heavy (non-hydrogen) atoms. The predicted octanol–water partition coefficient (Wildman–Crippen LogP) is 4.08. The number of fused-ring (bicyclic) bond motifs is 1. The van der Waals surface area contributed by atoms with E-state index < -0.39 is 0 Å². The van der Waals surface area contributed by atoms with Crippen LogP contribution >= 0.6 is 0 Å². The van der Waals surface area contributed by atoms with E-state index in [1.807, 2.05) is 13.8 Å². The molecular weight excluding hydrogens is 258 g/mol. The molecule has 0 saturated carbocycles. The molecule has 0 aliphatic heterocycles. The van der Waals surface area contributed by atoms with Crippen LogP contribution in [0, 0.1) is 16.7 Å². The molecule has 3 heteroatoms. The summed E-state index contributed by atoms with van der Waals surface area (Å²) in [5.74, 6) is 0. The van der Waals surface area contributed by atoms with Gasteiger partial charge in [-0.3, -0.25) is 0 Å². The van der Waals surface area contributed by atoms with Gasteiger partial charge in [-0.05, 0) is 37.3 Å². The summed E-state index contributed by atoms with van der Waals surface area (Å²) in [4.78, 5) is 0. The molecule has 0 amide bonds. The van der Waals surface area contributed by atoms with Crippen molar-refractivity contribution in [1.29, 1.82) is 5.26 Å². The van der Waals surface area contributed by atoms with Gasteiger partial charge < -0.3 is 9.88 Å². The lowest BCUT2D eigenvalue weighted by molar-refractivity contribution is 0.417. The Morgan fingerprint density at radius 1 is 1.29 bits per heavy atom. The molecule has 0 atom stereocenters. The van der Waals surface area contributed by atoms with Gasteiger partial charge in [0.1, 0.15) is 0 Å². The Labute approximate surface area is 127 Å². The van der Waals surface area contributed by atoms with E-state index in [1.165, 1.54) is 16.5 Å². The summed E-state index contributed by atoms with van der Waals surface area (Å²) in [6, 6.07) is 11.5. The lowest BCUT2D eigenvalue weighted by Crippen LogP contribution is -2.22. The molecule has 0 spiro atoms. The van der Waals surface area contributed by atoms with E-state index in [0.717, 1.165) is 19.5 Å². The highest BCUT2D eigenvalue weighted by atomic mass is 15.0. The Balaban J connectivity index is 2.26. The number of aromatic nitrogens is 1. The second kappa shape index (κ2) is 6.32. The van der Waals surface area contributed by atoms with Crippen LogP contribution in [-0.4, -0.2) is 10.6 Å². The Bertz CT molecular complexity index is 644. The molecule has 0 aliphatic rings. The van der Waals surface area contributed by atoms with E-state index in [0.29, 0.717) is 6.04 Å². The van der Waals surface area contributed by atoms with Gasteiger partial charge in [0.15, 0.2) is 0 Å². The van der Waals surface area contributed by atoms with E-state index in [-0.39, 0.29) is 5.41 Å². The molecule has 1 aromatic carbocycles. The number of aryl methyl sites for hydroxylation is 1. The maximum atomic E-state index is 9.17. The van der Waals surface area contributed by atoms with Crippen molar-refractivity contribution < 1.29 is 0 Å². The third-order valence-corrected chi connectivity index (χ3v) is 3.85. The van der Waals surface area contributed by atoms with Gasteiger partial charge in [-0.1, -0.05) is 32.0 Å². The summed E-state index contributed by atoms with van der Waals surface area (Å²) < 4.78 is 2.28. The summed E-state index contributed by atoms with van der Waals surface area (Å²) >= 11 is 0. The molecule has 112 valence electrons. The smallest absolute Gasteiger partial charge is 0.0684 e. The Hall–Kier alpha value is -1.79. The first-order chi connectivity index (χ1) is 9.93. The molecule has 0 bridgehead atoms. The second-order valence-corrected chi connectivity index (χ2v) is 6.65. The van der Waals surface area contributed by atoms with Crippen LogP contribution in [-0.2, 0) is 13.1 Å². The van der Waals surface area contributed by atoms with Gasteiger partial charge in [-0.25, -0.2) is 0 Å². The number of hydrogen-bond donors (Lipinski definition) is 1. The average Bonchev–Trinajstić information content (AvgIpc) is 2.87. The highest BCUT2D eigenvalue weighted by Crippen LogP contribution is 2.24. The van der Waals surface area contributed by atoms with Crippen LogP contribution < -0.4 is 5.32 Å². The van der Waals surface area contributed by atoms with E-state index >= 15 is 0 Å². The van der Waals surface area contributed by atoms with Crippen molar-refractivity contribution in [3.8, 4) is 6.07 Å². The summed E-state index contributed by atoms with van der Waals surface area (Å²) in [7, 11) is 0. The molecule has 2 aromatic rings. The summed E-state index contributed by atoms with van der Waals surface area (Å²) in [5, 5.41) is 13.9. The van der Waals surface area contributed by atoms with E-state index in [9.17, 15) is 0 Å². The fourth-order valence-corrected chi connectivity index (χ4v) is 2.44. The lowest BCUT2D eigenvalue weighted by atomic mass is 9.91. The molecule has 1 heterocycles. The maximum absolute atomic E-state index is 9.17. The number of nitrogens with one attached hydrogen (secondary N) is 1. The van der Waals surface area contributed by atoms with E-state index in [2.05, 4.69) is 60.3 Å². The Kier molecular flexibility index (Phi) is 4.69. The normalized spacial score (nSPS) is 12.0. The van der Waals surface area contributed by atoms with Crippen LogP contribution in [0.1, 0.15) is 39.7 Å². The van der Waals surface area contributed by atoms with Crippen molar-refractivity contribution in [1.82, 2.24) is 9.88 Å². The quantitative estimate of drug-likeness (QED) is 0.868. The first-order valence-electron chi connectivity index (χ1n) is 7.64. The molecule has 2 rings (SSSR count). The van der Waals surface area contributed by atoms with Crippen molar-refractivity contribution in [2.24, 2.45) is 5.41 Å². The Morgan fingerprint density at radius 2 is 2.05 bits per heavy atom. The van der Waals surface area contributed by atoms with Crippen LogP contribution in [0.25, 0.3) is 10.9 Å². The first-order valence-corrected chi connectivity index (χ1v) is 7.64. The summed E-state index contributed by atoms with van der Waals surface area (Å²) in [5.41, 5.74) is 2.34. The monoisotopic (exact) mass is 283 g/mol. The highest BCUT2D eigenvalue weighted by molar-refractivity contribution is 5.83. The molecule has 0 saturated heterocycles. The number of nitrogens with zero attached hydrogens (tertiary/aromatic N) is 2. The SMILES string of the molecule is CC(C)NCc1cccc2ccn(CCC(C)(C)C#N)c12. The van der Waals surface area contributed by atoms with Crippen LogP contribution in [0.5, 0.6) is 0 Å². The van der Waals surface area contributed by atoms with Gasteiger partial charge in [-0.2, -0.15) is 5.26 Å². The van der Waals surface area contributed by atoms with Crippen molar-refractivity contribution in [2.45, 2.75) is 53.2 Å². The fourth-order valence-electron chi connectivity index (χ4n) is 2.44. The minimum absolute atomic E-state index is 0.276. The van der Waals surface area contributed by atoms with Crippen molar-refractivity contribution in [3.63, 3.8) is 0 Å². The van der Waals surface area contributed by atoms with Crippen molar-refractivity contribution in [3.05, 3.63) is 36.0 Å².